The number of carboxylic acid groups (broad SMARTS) is 1. The molecule has 1 N–H and O–H groups in total. The molecule has 0 aromatic heterocycles. The van der Waals surface area contributed by atoms with Crippen LogP contribution >= 0.6 is 0 Å². The van der Waals surface area contributed by atoms with E-state index in [2.05, 4.69) is 6.58 Å². The molecule has 1 aliphatic rings. The molecule has 1 rings (SSSR count). The van der Waals surface area contributed by atoms with Crippen LogP contribution in [-0.4, -0.2) is 47.0 Å². The van der Waals surface area contributed by atoms with E-state index in [4.69, 9.17) is 14.6 Å². The van der Waals surface area contributed by atoms with Gasteiger partial charge in [0.15, 0.2) is 0 Å². The van der Waals surface area contributed by atoms with Crippen LogP contribution in [0, 0.1) is 0 Å². The lowest BCUT2D eigenvalue weighted by Crippen LogP contribution is -2.48. The summed E-state index contributed by atoms with van der Waals surface area (Å²) in [6.45, 7) is 7.42. The Labute approximate surface area is 106 Å². The van der Waals surface area contributed by atoms with Gasteiger partial charge in [-0.05, 0) is 20.3 Å². The highest BCUT2D eigenvalue weighted by Crippen LogP contribution is 2.30. The Morgan fingerprint density at radius 1 is 1.61 bits per heavy atom. The monoisotopic (exact) mass is 257 g/mol. The number of amides is 1. The molecule has 6 nitrogen and oxygen atoms in total. The van der Waals surface area contributed by atoms with Gasteiger partial charge in [0, 0.05) is 6.42 Å². The molecule has 1 aliphatic heterocycles. The lowest BCUT2D eigenvalue weighted by atomic mass is 10.1. The third-order valence-corrected chi connectivity index (χ3v) is 2.79. The largest absolute Gasteiger partial charge is 0.481 e. The van der Waals surface area contributed by atoms with Gasteiger partial charge < -0.3 is 14.6 Å². The zero-order chi connectivity index (χ0) is 13.8. The molecule has 0 unspecified atom stereocenters. The maximum Gasteiger partial charge on any atom is 0.412 e. The van der Waals surface area contributed by atoms with Crippen LogP contribution in [-0.2, 0) is 14.3 Å². The molecular formula is C12H19NO5. The summed E-state index contributed by atoms with van der Waals surface area (Å²) in [7, 11) is 0. The number of rotatable bonds is 5. The van der Waals surface area contributed by atoms with E-state index in [1.54, 1.807) is 13.8 Å². The highest BCUT2D eigenvalue weighted by Gasteiger charge is 2.44. The van der Waals surface area contributed by atoms with Crippen LogP contribution in [0.25, 0.3) is 0 Å². The molecule has 1 amide bonds. The first kappa shape index (κ1) is 14.5. The number of hydrogen-bond donors (Lipinski definition) is 1. The molecule has 18 heavy (non-hydrogen) atoms. The smallest absolute Gasteiger partial charge is 0.412 e. The molecule has 1 fully saturated rings. The predicted octanol–water partition coefficient (Wildman–Crippen LogP) is 1.61. The van der Waals surface area contributed by atoms with Crippen molar-refractivity contribution in [3.05, 3.63) is 12.7 Å². The standard InChI is InChI=1S/C12H19NO5/c1-4-7-17-11(16)13-9(5-6-10(14)15)8-18-12(13,2)3/h4,9H,1,5-8H2,2-3H3,(H,14,15)/t9-/m1/s1. The molecule has 102 valence electrons. The Morgan fingerprint density at radius 2 is 2.28 bits per heavy atom. The minimum absolute atomic E-state index is 0.00462. The predicted molar refractivity (Wildman–Crippen MR) is 64.1 cm³/mol. The SMILES string of the molecule is C=CCOC(=O)N1[C@H](CCC(=O)O)COC1(C)C. The second-order valence-electron chi connectivity index (χ2n) is 4.58. The van der Waals surface area contributed by atoms with Gasteiger partial charge in [0.25, 0.3) is 0 Å². The van der Waals surface area contributed by atoms with Crippen LogP contribution in [0.2, 0.25) is 0 Å². The molecule has 0 aromatic rings. The third-order valence-electron chi connectivity index (χ3n) is 2.79. The Morgan fingerprint density at radius 3 is 2.83 bits per heavy atom. The molecule has 0 aromatic carbocycles. The maximum absolute atomic E-state index is 11.9. The summed E-state index contributed by atoms with van der Waals surface area (Å²) in [5.41, 5.74) is -0.776. The summed E-state index contributed by atoms with van der Waals surface area (Å²) in [6.07, 6.45) is 1.32. The van der Waals surface area contributed by atoms with E-state index in [0.717, 1.165) is 0 Å². The molecular weight excluding hydrogens is 238 g/mol. The fourth-order valence-electron chi connectivity index (χ4n) is 1.96. The molecule has 1 heterocycles. The summed E-state index contributed by atoms with van der Waals surface area (Å²) in [5, 5.41) is 8.68. The first-order valence-electron chi connectivity index (χ1n) is 5.81. The van der Waals surface area contributed by atoms with E-state index in [-0.39, 0.29) is 19.1 Å². The highest BCUT2D eigenvalue weighted by atomic mass is 16.6. The Hall–Kier alpha value is -1.56. The molecule has 6 heteroatoms. The van der Waals surface area contributed by atoms with Crippen molar-refractivity contribution in [1.29, 1.82) is 0 Å². The van der Waals surface area contributed by atoms with Gasteiger partial charge in [-0.25, -0.2) is 4.79 Å². The average Bonchev–Trinajstić information content (AvgIpc) is 2.58. The number of carboxylic acids is 1. The quantitative estimate of drug-likeness (QED) is 0.757. The van der Waals surface area contributed by atoms with E-state index >= 15 is 0 Å². The van der Waals surface area contributed by atoms with Gasteiger partial charge in [0.05, 0.1) is 12.6 Å². The van der Waals surface area contributed by atoms with Gasteiger partial charge in [-0.2, -0.15) is 0 Å². The second-order valence-corrected chi connectivity index (χ2v) is 4.58. The Bertz CT molecular complexity index is 339. The number of ether oxygens (including phenoxy) is 2. The maximum atomic E-state index is 11.9. The van der Waals surface area contributed by atoms with Crippen molar-refractivity contribution in [2.75, 3.05) is 13.2 Å². The Balaban J connectivity index is 2.69. The van der Waals surface area contributed by atoms with Gasteiger partial charge in [-0.15, -0.1) is 0 Å². The first-order valence-corrected chi connectivity index (χ1v) is 5.81. The molecule has 0 radical (unpaired) electrons. The molecule has 1 saturated heterocycles. The van der Waals surface area contributed by atoms with Crippen molar-refractivity contribution < 1.29 is 24.2 Å². The highest BCUT2D eigenvalue weighted by molar-refractivity contribution is 5.70. The molecule has 0 spiro atoms. The van der Waals surface area contributed by atoms with Gasteiger partial charge in [-0.3, -0.25) is 9.69 Å². The van der Waals surface area contributed by atoms with E-state index in [1.165, 1.54) is 11.0 Å². The van der Waals surface area contributed by atoms with Crippen LogP contribution in [0.4, 0.5) is 4.79 Å². The number of hydrogen-bond acceptors (Lipinski definition) is 4. The lowest BCUT2D eigenvalue weighted by molar-refractivity contribution is -0.137. The second kappa shape index (κ2) is 5.86. The summed E-state index contributed by atoms with van der Waals surface area (Å²) in [4.78, 5) is 23.9. The zero-order valence-electron chi connectivity index (χ0n) is 10.7. The normalized spacial score (nSPS) is 21.7. The van der Waals surface area contributed by atoms with Gasteiger partial charge in [0.1, 0.15) is 12.3 Å². The van der Waals surface area contributed by atoms with Crippen molar-refractivity contribution >= 4 is 12.1 Å². The van der Waals surface area contributed by atoms with E-state index in [9.17, 15) is 9.59 Å². The van der Waals surface area contributed by atoms with Crippen LogP contribution in [0.1, 0.15) is 26.7 Å². The van der Waals surface area contributed by atoms with Crippen LogP contribution in [0.5, 0.6) is 0 Å². The fourth-order valence-corrected chi connectivity index (χ4v) is 1.96. The van der Waals surface area contributed by atoms with Gasteiger partial charge >= 0.3 is 12.1 Å². The van der Waals surface area contributed by atoms with Crippen molar-refractivity contribution in [3.8, 4) is 0 Å². The Kier molecular flexibility index (Phi) is 4.72. The minimum atomic E-state index is -0.890. The van der Waals surface area contributed by atoms with E-state index in [0.29, 0.717) is 13.0 Å². The average molecular weight is 257 g/mol. The summed E-state index contributed by atoms with van der Waals surface area (Å²) < 4.78 is 10.5. The number of aliphatic carboxylic acids is 1. The van der Waals surface area contributed by atoms with Crippen molar-refractivity contribution in [2.45, 2.75) is 38.5 Å². The lowest BCUT2D eigenvalue weighted by Gasteiger charge is -2.32. The van der Waals surface area contributed by atoms with Gasteiger partial charge in [0.2, 0.25) is 0 Å². The summed E-state index contributed by atoms with van der Waals surface area (Å²) in [6, 6.07) is -0.270. The molecule has 1 atom stereocenters. The van der Waals surface area contributed by atoms with Crippen LogP contribution < -0.4 is 0 Å². The van der Waals surface area contributed by atoms with Gasteiger partial charge in [-0.1, -0.05) is 12.7 Å². The number of carbonyl (C=O) groups excluding carboxylic acids is 1. The first-order chi connectivity index (χ1) is 8.38. The topological polar surface area (TPSA) is 76.1 Å². The number of carbonyl (C=O) groups is 2. The van der Waals surface area contributed by atoms with Crippen molar-refractivity contribution in [1.82, 2.24) is 4.90 Å². The molecule has 0 bridgehead atoms. The van der Waals surface area contributed by atoms with Crippen LogP contribution in [0.3, 0.4) is 0 Å². The van der Waals surface area contributed by atoms with Crippen LogP contribution in [0.15, 0.2) is 12.7 Å². The summed E-state index contributed by atoms with van der Waals surface area (Å²) >= 11 is 0. The minimum Gasteiger partial charge on any atom is -0.481 e. The zero-order valence-corrected chi connectivity index (χ0v) is 10.7. The van der Waals surface area contributed by atoms with E-state index in [1.807, 2.05) is 0 Å². The third kappa shape index (κ3) is 3.46. The van der Waals surface area contributed by atoms with Crippen molar-refractivity contribution in [2.24, 2.45) is 0 Å². The number of nitrogens with zero attached hydrogens (tertiary/aromatic N) is 1. The molecule has 0 aliphatic carbocycles. The van der Waals surface area contributed by atoms with Crippen molar-refractivity contribution in [3.63, 3.8) is 0 Å². The summed E-state index contributed by atoms with van der Waals surface area (Å²) in [5.74, 6) is -0.890. The van der Waals surface area contributed by atoms with E-state index < -0.39 is 17.8 Å². The fraction of sp³-hybridized carbons (Fsp3) is 0.667. The molecule has 0 saturated carbocycles.